The summed E-state index contributed by atoms with van der Waals surface area (Å²) in [5.74, 6) is -1.52. The average molecular weight is 261 g/mol. The van der Waals surface area contributed by atoms with Gasteiger partial charge < -0.3 is 10.3 Å². The fourth-order valence-corrected chi connectivity index (χ4v) is 1.88. The van der Waals surface area contributed by atoms with E-state index in [1.807, 2.05) is 6.07 Å². The van der Waals surface area contributed by atoms with Gasteiger partial charge in [-0.1, -0.05) is 29.4 Å². The minimum atomic E-state index is -1.23. The second kappa shape index (κ2) is 5.48. The second-order valence-corrected chi connectivity index (χ2v) is 4.18. The van der Waals surface area contributed by atoms with Gasteiger partial charge in [-0.25, -0.2) is 9.18 Å². The molecular formula is C14H12FNO3. The maximum atomic E-state index is 13.0. The Kier molecular flexibility index (Phi) is 3.75. The number of fused-ring (bicyclic) bond motifs is 1. The third-order valence-electron chi connectivity index (χ3n) is 2.88. The van der Waals surface area contributed by atoms with Gasteiger partial charge in [-0.2, -0.15) is 0 Å². The molecule has 2 N–H and O–H groups in total. The molecule has 0 radical (unpaired) electrons. The molecule has 2 rings (SSSR count). The highest BCUT2D eigenvalue weighted by Gasteiger charge is 2.10. The van der Waals surface area contributed by atoms with Crippen molar-refractivity contribution in [3.05, 3.63) is 47.8 Å². The molecule has 2 aromatic rings. The first-order valence-electron chi connectivity index (χ1n) is 5.72. The molecule has 0 aliphatic carbocycles. The molecule has 0 aromatic heterocycles. The summed E-state index contributed by atoms with van der Waals surface area (Å²) in [6.07, 6.45) is 0.581. The molecule has 0 aliphatic rings. The lowest BCUT2D eigenvalue weighted by Gasteiger charge is -2.04. The first-order chi connectivity index (χ1) is 9.10. The molecule has 0 saturated carbocycles. The van der Waals surface area contributed by atoms with E-state index in [1.54, 1.807) is 18.2 Å². The number of nitrogens with zero attached hydrogens (tertiary/aromatic N) is 1. The van der Waals surface area contributed by atoms with Gasteiger partial charge in [0.1, 0.15) is 5.82 Å². The lowest BCUT2D eigenvalue weighted by Crippen LogP contribution is -2.13. The number of halogens is 1. The van der Waals surface area contributed by atoms with E-state index in [1.165, 1.54) is 12.1 Å². The first kappa shape index (κ1) is 13.0. The monoisotopic (exact) mass is 261 g/mol. The van der Waals surface area contributed by atoms with E-state index in [9.17, 15) is 9.18 Å². The molecule has 0 unspecified atom stereocenters. The Morgan fingerprint density at radius 1 is 1.16 bits per heavy atom. The zero-order valence-electron chi connectivity index (χ0n) is 10.0. The normalized spacial score (nSPS) is 11.7. The minimum absolute atomic E-state index is 0.137. The minimum Gasteiger partial charge on any atom is -0.477 e. The van der Waals surface area contributed by atoms with Crippen molar-refractivity contribution in [2.75, 3.05) is 0 Å². The molecule has 2 aromatic carbocycles. The van der Waals surface area contributed by atoms with Crippen LogP contribution >= 0.6 is 0 Å². The van der Waals surface area contributed by atoms with E-state index < -0.39 is 5.97 Å². The van der Waals surface area contributed by atoms with Gasteiger partial charge in [0.05, 0.1) is 0 Å². The highest BCUT2D eigenvalue weighted by molar-refractivity contribution is 6.35. The summed E-state index contributed by atoms with van der Waals surface area (Å²) in [5.41, 5.74) is 0.626. The van der Waals surface area contributed by atoms with Crippen LogP contribution in [0, 0.1) is 5.82 Å². The predicted molar refractivity (Wildman–Crippen MR) is 69.1 cm³/mol. The Hall–Kier alpha value is -2.43. The van der Waals surface area contributed by atoms with Crippen LogP contribution in [0.25, 0.3) is 10.8 Å². The van der Waals surface area contributed by atoms with Crippen molar-refractivity contribution in [3.8, 4) is 0 Å². The van der Waals surface area contributed by atoms with E-state index in [4.69, 9.17) is 10.3 Å². The summed E-state index contributed by atoms with van der Waals surface area (Å²) in [5, 5.41) is 21.7. The van der Waals surface area contributed by atoms with Crippen LogP contribution in [0.5, 0.6) is 0 Å². The lowest BCUT2D eigenvalue weighted by molar-refractivity contribution is -0.129. The SMILES string of the molecule is O=C(O)/C(CCc1ccc2cc(F)ccc2c1)=N/O. The number of carboxylic acid groups (broad SMARTS) is 1. The van der Waals surface area contributed by atoms with Crippen molar-refractivity contribution in [2.45, 2.75) is 12.8 Å². The Morgan fingerprint density at radius 2 is 1.84 bits per heavy atom. The molecule has 0 aliphatic heterocycles. The third-order valence-corrected chi connectivity index (χ3v) is 2.88. The number of hydrogen-bond acceptors (Lipinski definition) is 3. The zero-order chi connectivity index (χ0) is 13.8. The number of benzene rings is 2. The molecule has 5 heteroatoms. The summed E-state index contributed by atoms with van der Waals surface area (Å²) in [6, 6.07) is 9.95. The van der Waals surface area contributed by atoms with Crippen LogP contribution < -0.4 is 0 Å². The van der Waals surface area contributed by atoms with E-state index >= 15 is 0 Å². The zero-order valence-corrected chi connectivity index (χ0v) is 10.0. The molecule has 0 heterocycles. The van der Waals surface area contributed by atoms with Crippen molar-refractivity contribution in [1.29, 1.82) is 0 Å². The average Bonchev–Trinajstić information content (AvgIpc) is 2.39. The van der Waals surface area contributed by atoms with Gasteiger partial charge in [-0.15, -0.1) is 0 Å². The molecule has 98 valence electrons. The maximum Gasteiger partial charge on any atom is 0.353 e. The Labute approximate surface area is 108 Å². The number of aryl methyl sites for hydroxylation is 1. The second-order valence-electron chi connectivity index (χ2n) is 4.18. The summed E-state index contributed by atoms with van der Waals surface area (Å²) in [6.45, 7) is 0. The topological polar surface area (TPSA) is 69.9 Å². The standard InChI is InChI=1S/C14H12FNO3/c15-12-5-4-10-7-9(1-3-11(10)8-12)2-6-13(16-19)14(17)18/h1,3-5,7-8,19H,2,6H2,(H,17,18)/b16-13+. The molecule has 0 amide bonds. The molecule has 19 heavy (non-hydrogen) atoms. The fraction of sp³-hybridized carbons (Fsp3) is 0.143. The number of rotatable bonds is 4. The predicted octanol–water partition coefficient (Wildman–Crippen LogP) is 2.83. The number of carbonyl (C=O) groups is 1. The number of carboxylic acids is 1. The van der Waals surface area contributed by atoms with Gasteiger partial charge in [0, 0.05) is 6.42 Å². The van der Waals surface area contributed by atoms with Crippen molar-refractivity contribution >= 4 is 22.5 Å². The van der Waals surface area contributed by atoms with E-state index in [0.29, 0.717) is 6.42 Å². The van der Waals surface area contributed by atoms with E-state index in [0.717, 1.165) is 16.3 Å². The molecule has 0 spiro atoms. The highest BCUT2D eigenvalue weighted by atomic mass is 19.1. The largest absolute Gasteiger partial charge is 0.477 e. The summed E-state index contributed by atoms with van der Waals surface area (Å²) in [7, 11) is 0. The maximum absolute atomic E-state index is 13.0. The van der Waals surface area contributed by atoms with Gasteiger partial charge in [-0.05, 0) is 34.9 Å². The molecule has 4 nitrogen and oxygen atoms in total. The van der Waals surface area contributed by atoms with Gasteiger partial charge in [0.2, 0.25) is 0 Å². The Balaban J connectivity index is 2.18. The van der Waals surface area contributed by atoms with Gasteiger partial charge >= 0.3 is 5.97 Å². The lowest BCUT2D eigenvalue weighted by atomic mass is 10.0. The highest BCUT2D eigenvalue weighted by Crippen LogP contribution is 2.18. The molecule has 0 bridgehead atoms. The number of aliphatic carboxylic acids is 1. The van der Waals surface area contributed by atoms with Gasteiger partial charge in [0.25, 0.3) is 0 Å². The van der Waals surface area contributed by atoms with Gasteiger partial charge in [-0.3, -0.25) is 0 Å². The Bertz CT molecular complexity index is 652. The summed E-state index contributed by atoms with van der Waals surface area (Å²) in [4.78, 5) is 10.7. The fourth-order valence-electron chi connectivity index (χ4n) is 1.88. The van der Waals surface area contributed by atoms with Crippen LogP contribution in [0.1, 0.15) is 12.0 Å². The van der Waals surface area contributed by atoms with Crippen LogP contribution in [0.15, 0.2) is 41.6 Å². The summed E-state index contributed by atoms with van der Waals surface area (Å²) >= 11 is 0. The van der Waals surface area contributed by atoms with Crippen molar-refractivity contribution in [1.82, 2.24) is 0 Å². The number of hydrogen-bond donors (Lipinski definition) is 2. The van der Waals surface area contributed by atoms with E-state index in [2.05, 4.69) is 5.16 Å². The van der Waals surface area contributed by atoms with Gasteiger partial charge in [0.15, 0.2) is 5.71 Å². The molecular weight excluding hydrogens is 249 g/mol. The van der Waals surface area contributed by atoms with Crippen molar-refractivity contribution in [3.63, 3.8) is 0 Å². The van der Waals surface area contributed by atoms with Crippen LogP contribution in [-0.4, -0.2) is 22.0 Å². The Morgan fingerprint density at radius 3 is 2.53 bits per heavy atom. The number of oxime groups is 1. The summed E-state index contributed by atoms with van der Waals surface area (Å²) < 4.78 is 13.0. The third kappa shape index (κ3) is 3.07. The van der Waals surface area contributed by atoms with Crippen LogP contribution in [0.3, 0.4) is 0 Å². The van der Waals surface area contributed by atoms with Crippen molar-refractivity contribution in [2.24, 2.45) is 5.16 Å². The van der Waals surface area contributed by atoms with Crippen LogP contribution in [-0.2, 0) is 11.2 Å². The first-order valence-corrected chi connectivity index (χ1v) is 5.72. The smallest absolute Gasteiger partial charge is 0.353 e. The molecule has 0 saturated heterocycles. The quantitative estimate of drug-likeness (QED) is 0.505. The van der Waals surface area contributed by atoms with Crippen LogP contribution in [0.4, 0.5) is 4.39 Å². The van der Waals surface area contributed by atoms with Crippen LogP contribution in [0.2, 0.25) is 0 Å². The van der Waals surface area contributed by atoms with E-state index in [-0.39, 0.29) is 17.9 Å². The molecule has 0 fully saturated rings. The molecule has 0 atom stereocenters. The van der Waals surface area contributed by atoms with Crippen molar-refractivity contribution < 1.29 is 19.5 Å².